The van der Waals surface area contributed by atoms with Crippen molar-refractivity contribution in [3.63, 3.8) is 0 Å². The van der Waals surface area contributed by atoms with Gasteiger partial charge in [-0.25, -0.2) is 17.5 Å². The Morgan fingerprint density at radius 3 is 2.23 bits per heavy atom. The van der Waals surface area contributed by atoms with Crippen LogP contribution in [0.2, 0.25) is 0 Å². The summed E-state index contributed by atoms with van der Waals surface area (Å²) < 4.78 is 36.0. The van der Waals surface area contributed by atoms with Crippen LogP contribution in [0.5, 0.6) is 0 Å². The largest absolute Gasteiger partial charge is 0.324 e. The average Bonchev–Trinajstić information content (AvgIpc) is 2.05. The van der Waals surface area contributed by atoms with Crippen LogP contribution in [0.3, 0.4) is 0 Å². The SMILES string of the molecule is O=[C]NS(=O)(=O)c1ccc(F)cc1. The van der Waals surface area contributed by atoms with Crippen molar-refractivity contribution in [3.05, 3.63) is 30.1 Å². The van der Waals surface area contributed by atoms with Crippen molar-refractivity contribution in [3.8, 4) is 0 Å². The van der Waals surface area contributed by atoms with E-state index >= 15 is 0 Å². The molecule has 0 saturated carbocycles. The molecule has 0 aromatic heterocycles. The lowest BCUT2D eigenvalue weighted by atomic mass is 10.4. The summed E-state index contributed by atoms with van der Waals surface area (Å²) in [6.45, 7) is 0. The summed E-state index contributed by atoms with van der Waals surface area (Å²) >= 11 is 0. The number of benzene rings is 1. The first-order valence-corrected chi connectivity index (χ1v) is 4.69. The van der Waals surface area contributed by atoms with Gasteiger partial charge in [0.2, 0.25) is 0 Å². The number of halogens is 1. The predicted molar refractivity (Wildman–Crippen MR) is 42.4 cm³/mol. The van der Waals surface area contributed by atoms with Gasteiger partial charge in [0.25, 0.3) is 10.0 Å². The minimum atomic E-state index is -3.87. The summed E-state index contributed by atoms with van der Waals surface area (Å²) in [5.74, 6) is -0.547. The standard InChI is InChI=1S/C7H5FNO3S/c8-6-1-3-7(4-2-6)13(11,12)9-5-10/h1-4H,(H,9,10). The molecular weight excluding hydrogens is 197 g/mol. The van der Waals surface area contributed by atoms with Crippen molar-refractivity contribution < 1.29 is 17.6 Å². The van der Waals surface area contributed by atoms with E-state index in [0.29, 0.717) is 0 Å². The Morgan fingerprint density at radius 2 is 1.77 bits per heavy atom. The van der Waals surface area contributed by atoms with E-state index in [4.69, 9.17) is 0 Å². The van der Waals surface area contributed by atoms with E-state index in [1.807, 2.05) is 0 Å². The minimum Gasteiger partial charge on any atom is -0.262 e. The maximum atomic E-state index is 12.4. The molecule has 1 rings (SSSR count). The molecule has 0 aliphatic heterocycles. The Morgan fingerprint density at radius 1 is 1.23 bits per heavy atom. The third kappa shape index (κ3) is 2.25. The number of amides is 1. The summed E-state index contributed by atoms with van der Waals surface area (Å²) in [5, 5.41) is 0. The average molecular weight is 202 g/mol. The summed E-state index contributed by atoms with van der Waals surface area (Å²) in [7, 11) is -3.87. The maximum Gasteiger partial charge on any atom is 0.324 e. The zero-order valence-corrected chi connectivity index (χ0v) is 7.14. The van der Waals surface area contributed by atoms with E-state index in [9.17, 15) is 17.6 Å². The van der Waals surface area contributed by atoms with Crippen LogP contribution in [0.15, 0.2) is 29.2 Å². The molecule has 0 heterocycles. The molecule has 0 saturated heterocycles. The lowest BCUT2D eigenvalue weighted by Crippen LogP contribution is -2.21. The maximum absolute atomic E-state index is 12.4. The number of carbonyl (C=O) groups excluding carboxylic acids is 1. The first-order chi connectivity index (χ1) is 6.06. The van der Waals surface area contributed by atoms with Gasteiger partial charge in [0.1, 0.15) is 5.82 Å². The summed E-state index contributed by atoms with van der Waals surface area (Å²) in [6.07, 6.45) is 1.04. The number of nitrogens with one attached hydrogen (secondary N) is 1. The fourth-order valence-electron chi connectivity index (χ4n) is 0.728. The lowest BCUT2D eigenvalue weighted by molar-refractivity contribution is 0.547. The Kier molecular flexibility index (Phi) is 2.62. The van der Waals surface area contributed by atoms with Crippen LogP contribution in [0.1, 0.15) is 0 Å². The molecule has 1 amide bonds. The Labute approximate surface area is 74.4 Å². The van der Waals surface area contributed by atoms with Gasteiger partial charge in [0.15, 0.2) is 0 Å². The molecule has 0 bridgehead atoms. The third-order valence-electron chi connectivity index (χ3n) is 1.30. The van der Waals surface area contributed by atoms with Gasteiger partial charge in [-0.15, -0.1) is 0 Å². The molecule has 0 unspecified atom stereocenters. The van der Waals surface area contributed by atoms with Crippen molar-refractivity contribution in [2.24, 2.45) is 0 Å². The smallest absolute Gasteiger partial charge is 0.262 e. The highest BCUT2D eigenvalue weighted by molar-refractivity contribution is 7.90. The van der Waals surface area contributed by atoms with Crippen molar-refractivity contribution in [1.29, 1.82) is 0 Å². The van der Waals surface area contributed by atoms with E-state index in [1.165, 1.54) is 4.72 Å². The van der Waals surface area contributed by atoms with E-state index in [1.54, 1.807) is 0 Å². The van der Waals surface area contributed by atoms with E-state index in [2.05, 4.69) is 0 Å². The van der Waals surface area contributed by atoms with Crippen molar-refractivity contribution in [2.45, 2.75) is 4.90 Å². The zero-order chi connectivity index (χ0) is 9.90. The van der Waals surface area contributed by atoms with Gasteiger partial charge in [-0.2, -0.15) is 0 Å². The summed E-state index contributed by atoms with van der Waals surface area (Å²) in [4.78, 5) is 9.59. The molecule has 1 aromatic carbocycles. The van der Waals surface area contributed by atoms with Crippen LogP contribution in [0, 0.1) is 5.82 Å². The van der Waals surface area contributed by atoms with E-state index in [-0.39, 0.29) is 4.90 Å². The molecule has 0 aliphatic carbocycles. The molecular formula is C7H5FNO3S. The molecule has 1 aromatic rings. The van der Waals surface area contributed by atoms with Gasteiger partial charge < -0.3 is 0 Å². The summed E-state index contributed by atoms with van der Waals surface area (Å²) in [5.41, 5.74) is 0. The second kappa shape index (κ2) is 3.53. The van der Waals surface area contributed by atoms with Gasteiger partial charge in [0, 0.05) is 0 Å². The summed E-state index contributed by atoms with van der Waals surface area (Å²) in [6, 6.07) is 4.07. The number of hydrogen-bond acceptors (Lipinski definition) is 3. The van der Waals surface area contributed by atoms with Crippen molar-refractivity contribution in [2.75, 3.05) is 0 Å². The van der Waals surface area contributed by atoms with Crippen LogP contribution in [0.4, 0.5) is 4.39 Å². The topological polar surface area (TPSA) is 63.2 Å². The van der Waals surface area contributed by atoms with E-state index in [0.717, 1.165) is 30.7 Å². The van der Waals surface area contributed by atoms with Gasteiger partial charge in [0.05, 0.1) is 4.90 Å². The molecule has 0 spiro atoms. The number of hydrogen-bond donors (Lipinski definition) is 1. The molecule has 4 nitrogen and oxygen atoms in total. The molecule has 0 fully saturated rings. The number of rotatable bonds is 3. The van der Waals surface area contributed by atoms with E-state index < -0.39 is 15.8 Å². The Bertz CT molecular complexity index is 398. The van der Waals surface area contributed by atoms with Gasteiger partial charge in [-0.05, 0) is 24.3 Å². The first-order valence-electron chi connectivity index (χ1n) is 3.21. The van der Waals surface area contributed by atoms with Crippen LogP contribution < -0.4 is 4.72 Å². The van der Waals surface area contributed by atoms with Crippen LogP contribution in [0.25, 0.3) is 0 Å². The molecule has 1 radical (unpaired) electrons. The highest BCUT2D eigenvalue weighted by Crippen LogP contribution is 2.08. The monoisotopic (exact) mass is 202 g/mol. The highest BCUT2D eigenvalue weighted by Gasteiger charge is 2.12. The second-order valence-electron chi connectivity index (χ2n) is 2.16. The Hall–Kier alpha value is -1.43. The zero-order valence-electron chi connectivity index (χ0n) is 6.32. The van der Waals surface area contributed by atoms with Gasteiger partial charge >= 0.3 is 6.41 Å². The van der Waals surface area contributed by atoms with Gasteiger partial charge in [-0.1, -0.05) is 0 Å². The van der Waals surface area contributed by atoms with Gasteiger partial charge in [-0.3, -0.25) is 4.79 Å². The van der Waals surface area contributed by atoms with Crippen LogP contribution in [-0.4, -0.2) is 14.8 Å². The second-order valence-corrected chi connectivity index (χ2v) is 3.84. The molecule has 0 aliphatic rings. The van der Waals surface area contributed by atoms with Crippen molar-refractivity contribution in [1.82, 2.24) is 4.72 Å². The first kappa shape index (κ1) is 9.66. The lowest BCUT2D eigenvalue weighted by Gasteiger charge is -1.99. The fourth-order valence-corrected chi connectivity index (χ4v) is 1.45. The molecule has 0 atom stereocenters. The van der Waals surface area contributed by atoms with Crippen molar-refractivity contribution >= 4 is 16.4 Å². The minimum absolute atomic E-state index is 0.183. The highest BCUT2D eigenvalue weighted by atomic mass is 32.2. The van der Waals surface area contributed by atoms with Crippen LogP contribution in [-0.2, 0) is 14.8 Å². The fraction of sp³-hybridized carbons (Fsp3) is 0. The third-order valence-corrected chi connectivity index (χ3v) is 2.54. The molecule has 69 valence electrons. The quantitative estimate of drug-likeness (QED) is 0.711. The molecule has 1 N–H and O–H groups in total. The number of sulfonamides is 1. The van der Waals surface area contributed by atoms with Crippen LogP contribution >= 0.6 is 0 Å². The predicted octanol–water partition coefficient (Wildman–Crippen LogP) is 0.171. The Balaban J connectivity index is 3.08. The normalized spacial score (nSPS) is 10.8. The molecule has 6 heteroatoms. The molecule has 13 heavy (non-hydrogen) atoms.